The Balaban J connectivity index is 1.58. The molecule has 1 heterocycles. The summed E-state index contributed by atoms with van der Waals surface area (Å²) in [6, 6.07) is 14.6. The summed E-state index contributed by atoms with van der Waals surface area (Å²) in [4.78, 5) is 27.3. The van der Waals surface area contributed by atoms with E-state index in [1.54, 1.807) is 19.2 Å². The number of anilines is 2. The number of methoxy groups -OCH3 is 1. The average molecular weight is 469 g/mol. The summed E-state index contributed by atoms with van der Waals surface area (Å²) in [5.41, 5.74) is 3.05. The lowest BCUT2D eigenvalue weighted by Crippen LogP contribution is -2.19. The molecule has 32 heavy (non-hydrogen) atoms. The largest absolute Gasteiger partial charge is 0.497 e. The van der Waals surface area contributed by atoms with Gasteiger partial charge in [0, 0.05) is 4.88 Å². The van der Waals surface area contributed by atoms with E-state index in [0.717, 1.165) is 49.0 Å². The average Bonchev–Trinajstić information content (AvgIpc) is 2.96. The van der Waals surface area contributed by atoms with Crippen LogP contribution in [0, 0.1) is 0 Å². The van der Waals surface area contributed by atoms with Crippen LogP contribution in [0.5, 0.6) is 5.75 Å². The standard InChI is InChI=1S/C25H25ClN2O3S/c1-31-17-13-11-16(12-14-17)15-22(29)28-25-23(18-7-3-2-4-10-21(18)32-25)24(30)27-20-9-6-5-8-19(20)26/h5-6,8-9,11-14H,2-4,7,10,15H2,1H3,(H,27,30)(H,28,29). The number of fused-ring (bicyclic) bond motifs is 1. The normalized spacial score (nSPS) is 13.1. The Bertz CT molecular complexity index is 1120. The van der Waals surface area contributed by atoms with Crippen molar-refractivity contribution < 1.29 is 14.3 Å². The molecule has 1 aliphatic rings. The molecule has 0 aliphatic heterocycles. The van der Waals surface area contributed by atoms with Gasteiger partial charge in [-0.1, -0.05) is 42.3 Å². The van der Waals surface area contributed by atoms with Gasteiger partial charge in [-0.3, -0.25) is 9.59 Å². The summed E-state index contributed by atoms with van der Waals surface area (Å²) in [7, 11) is 1.61. The maximum Gasteiger partial charge on any atom is 0.258 e. The van der Waals surface area contributed by atoms with Crippen LogP contribution < -0.4 is 15.4 Å². The Hall–Kier alpha value is -2.83. The second-order valence-corrected chi connectivity index (χ2v) is 9.29. The van der Waals surface area contributed by atoms with Crippen LogP contribution >= 0.6 is 22.9 Å². The molecule has 0 spiro atoms. The van der Waals surface area contributed by atoms with Gasteiger partial charge in [0.05, 0.1) is 29.8 Å². The monoisotopic (exact) mass is 468 g/mol. The number of rotatable bonds is 6. The maximum atomic E-state index is 13.3. The van der Waals surface area contributed by atoms with E-state index >= 15 is 0 Å². The summed E-state index contributed by atoms with van der Waals surface area (Å²) in [6.45, 7) is 0. The molecule has 0 bridgehead atoms. The zero-order valence-corrected chi connectivity index (χ0v) is 19.4. The van der Waals surface area contributed by atoms with Crippen LogP contribution in [0.3, 0.4) is 0 Å². The first kappa shape index (κ1) is 22.4. The molecule has 0 radical (unpaired) electrons. The highest BCUT2D eigenvalue weighted by molar-refractivity contribution is 7.17. The molecule has 2 aromatic carbocycles. The molecule has 3 aromatic rings. The highest BCUT2D eigenvalue weighted by Gasteiger charge is 2.26. The van der Waals surface area contributed by atoms with Gasteiger partial charge in [0.2, 0.25) is 5.91 Å². The van der Waals surface area contributed by atoms with Crippen molar-refractivity contribution >= 4 is 45.4 Å². The fourth-order valence-corrected chi connectivity index (χ4v) is 5.40. The van der Waals surface area contributed by atoms with Gasteiger partial charge in [-0.05, 0) is 61.1 Å². The number of carbonyl (C=O) groups excluding carboxylic acids is 2. The van der Waals surface area contributed by atoms with E-state index in [9.17, 15) is 9.59 Å². The van der Waals surface area contributed by atoms with Gasteiger partial charge in [0.15, 0.2) is 0 Å². The second-order valence-electron chi connectivity index (χ2n) is 7.78. The van der Waals surface area contributed by atoms with Crippen LogP contribution in [0.2, 0.25) is 5.02 Å². The van der Waals surface area contributed by atoms with Crippen LogP contribution in [-0.2, 0) is 24.1 Å². The minimum absolute atomic E-state index is 0.154. The van der Waals surface area contributed by atoms with Crippen molar-refractivity contribution in [2.45, 2.75) is 38.5 Å². The van der Waals surface area contributed by atoms with E-state index in [1.807, 2.05) is 36.4 Å². The Morgan fingerprint density at radius 3 is 2.50 bits per heavy atom. The zero-order valence-electron chi connectivity index (χ0n) is 17.9. The molecule has 166 valence electrons. The number of nitrogens with one attached hydrogen (secondary N) is 2. The zero-order chi connectivity index (χ0) is 22.5. The Morgan fingerprint density at radius 2 is 1.75 bits per heavy atom. The van der Waals surface area contributed by atoms with Crippen LogP contribution in [0.25, 0.3) is 0 Å². The van der Waals surface area contributed by atoms with E-state index in [1.165, 1.54) is 16.2 Å². The van der Waals surface area contributed by atoms with Gasteiger partial charge in [0.25, 0.3) is 5.91 Å². The first-order valence-corrected chi connectivity index (χ1v) is 11.9. The molecule has 0 saturated heterocycles. The van der Waals surface area contributed by atoms with Crippen LogP contribution in [-0.4, -0.2) is 18.9 Å². The number of ether oxygens (including phenoxy) is 1. The summed E-state index contributed by atoms with van der Waals surface area (Å²) < 4.78 is 5.17. The molecule has 2 amide bonds. The molecule has 1 aliphatic carbocycles. The molecule has 2 N–H and O–H groups in total. The van der Waals surface area contributed by atoms with E-state index in [2.05, 4.69) is 10.6 Å². The third kappa shape index (κ3) is 5.14. The van der Waals surface area contributed by atoms with Crippen molar-refractivity contribution in [2.75, 3.05) is 17.7 Å². The molecule has 5 nitrogen and oxygen atoms in total. The van der Waals surface area contributed by atoms with E-state index < -0.39 is 0 Å². The molecular formula is C25H25ClN2O3S. The highest BCUT2D eigenvalue weighted by Crippen LogP contribution is 2.38. The summed E-state index contributed by atoms with van der Waals surface area (Å²) >= 11 is 7.76. The SMILES string of the molecule is COc1ccc(CC(=O)Nc2sc3c(c2C(=O)Nc2ccccc2Cl)CCCCC3)cc1. The molecule has 1 aromatic heterocycles. The van der Waals surface area contributed by atoms with Gasteiger partial charge >= 0.3 is 0 Å². The molecule has 0 unspecified atom stereocenters. The smallest absolute Gasteiger partial charge is 0.258 e. The Kier molecular flexibility index (Phi) is 7.12. The number of carbonyl (C=O) groups is 2. The number of halogens is 1. The maximum absolute atomic E-state index is 13.3. The minimum atomic E-state index is -0.239. The van der Waals surface area contributed by atoms with Crippen molar-refractivity contribution in [1.82, 2.24) is 0 Å². The molecule has 7 heteroatoms. The van der Waals surface area contributed by atoms with Gasteiger partial charge in [-0.15, -0.1) is 11.3 Å². The number of thiophene rings is 1. The fraction of sp³-hybridized carbons (Fsp3) is 0.280. The molecular weight excluding hydrogens is 444 g/mol. The van der Waals surface area contributed by atoms with Crippen molar-refractivity contribution in [3.63, 3.8) is 0 Å². The first-order valence-electron chi connectivity index (χ1n) is 10.7. The topological polar surface area (TPSA) is 67.4 Å². The number of hydrogen-bond donors (Lipinski definition) is 2. The molecule has 0 atom stereocenters. The predicted molar refractivity (Wildman–Crippen MR) is 130 cm³/mol. The van der Waals surface area contributed by atoms with E-state index in [4.69, 9.17) is 16.3 Å². The lowest BCUT2D eigenvalue weighted by molar-refractivity contribution is -0.115. The molecule has 4 rings (SSSR count). The fourth-order valence-electron chi connectivity index (χ4n) is 3.92. The van der Waals surface area contributed by atoms with Gasteiger partial charge in [0.1, 0.15) is 10.8 Å². The first-order chi connectivity index (χ1) is 15.5. The van der Waals surface area contributed by atoms with Crippen molar-refractivity contribution in [1.29, 1.82) is 0 Å². The Labute approximate surface area is 196 Å². The van der Waals surface area contributed by atoms with Gasteiger partial charge in [-0.2, -0.15) is 0 Å². The molecule has 0 fully saturated rings. The van der Waals surface area contributed by atoms with Crippen molar-refractivity contribution in [3.8, 4) is 5.75 Å². The second kappa shape index (κ2) is 10.2. The predicted octanol–water partition coefficient (Wildman–Crippen LogP) is 6.11. The van der Waals surface area contributed by atoms with E-state index in [-0.39, 0.29) is 18.2 Å². The van der Waals surface area contributed by atoms with Crippen LogP contribution in [0.15, 0.2) is 48.5 Å². The Morgan fingerprint density at radius 1 is 1.00 bits per heavy atom. The minimum Gasteiger partial charge on any atom is -0.497 e. The summed E-state index contributed by atoms with van der Waals surface area (Å²) in [5.74, 6) is 0.352. The summed E-state index contributed by atoms with van der Waals surface area (Å²) in [5, 5.41) is 7.02. The number of aryl methyl sites for hydroxylation is 1. The number of hydrogen-bond acceptors (Lipinski definition) is 4. The molecule has 0 saturated carbocycles. The summed E-state index contributed by atoms with van der Waals surface area (Å²) in [6.07, 6.45) is 5.27. The lowest BCUT2D eigenvalue weighted by atomic mass is 10.0. The van der Waals surface area contributed by atoms with Gasteiger partial charge < -0.3 is 15.4 Å². The number of benzene rings is 2. The third-order valence-corrected chi connectivity index (χ3v) is 7.08. The third-order valence-electron chi connectivity index (χ3n) is 5.55. The van der Waals surface area contributed by atoms with Crippen LogP contribution in [0.4, 0.5) is 10.7 Å². The van der Waals surface area contributed by atoms with Crippen molar-refractivity contribution in [2.24, 2.45) is 0 Å². The highest BCUT2D eigenvalue weighted by atomic mass is 35.5. The number of para-hydroxylation sites is 1. The van der Waals surface area contributed by atoms with Crippen LogP contribution in [0.1, 0.15) is 45.6 Å². The lowest BCUT2D eigenvalue weighted by Gasteiger charge is -2.11. The number of amides is 2. The quantitative estimate of drug-likeness (QED) is 0.429. The van der Waals surface area contributed by atoms with Crippen molar-refractivity contribution in [3.05, 3.63) is 75.1 Å². The van der Waals surface area contributed by atoms with Gasteiger partial charge in [-0.25, -0.2) is 0 Å². The van der Waals surface area contributed by atoms with E-state index in [0.29, 0.717) is 21.3 Å².